The zero-order valence-electron chi connectivity index (χ0n) is 15.3. The van der Waals surface area contributed by atoms with Crippen LogP contribution in [0, 0.1) is 0 Å². The normalized spacial score (nSPS) is 19.3. The molecule has 1 aliphatic rings. The van der Waals surface area contributed by atoms with Crippen LogP contribution in [0.2, 0.25) is 0 Å². The predicted molar refractivity (Wildman–Crippen MR) is 103 cm³/mol. The quantitative estimate of drug-likeness (QED) is 0.768. The lowest BCUT2D eigenvalue weighted by atomic mass is 10.1. The molecule has 0 saturated carbocycles. The second-order valence-corrected chi connectivity index (χ2v) is 9.96. The highest BCUT2D eigenvalue weighted by molar-refractivity contribution is 7.99. The number of carbonyl (C=O) groups is 1. The van der Waals surface area contributed by atoms with Gasteiger partial charge in [-0.05, 0) is 50.5 Å². The van der Waals surface area contributed by atoms with Crippen LogP contribution >= 0.6 is 11.8 Å². The van der Waals surface area contributed by atoms with E-state index < -0.39 is 10.0 Å². The molecule has 140 valence electrons. The van der Waals surface area contributed by atoms with Crippen molar-refractivity contribution in [1.29, 1.82) is 0 Å². The Morgan fingerprint density at radius 2 is 1.84 bits per heavy atom. The molecule has 0 bridgehead atoms. The Morgan fingerprint density at radius 3 is 2.40 bits per heavy atom. The molecule has 8 heteroatoms. The predicted octanol–water partition coefficient (Wildman–Crippen LogP) is 1.45. The van der Waals surface area contributed by atoms with E-state index in [2.05, 4.69) is 4.90 Å². The lowest BCUT2D eigenvalue weighted by molar-refractivity contribution is 0.0675. The van der Waals surface area contributed by atoms with Crippen molar-refractivity contribution < 1.29 is 13.2 Å². The number of hydrogen-bond donors (Lipinski definition) is 0. The van der Waals surface area contributed by atoms with Gasteiger partial charge in [-0.2, -0.15) is 11.8 Å². The Bertz CT molecular complexity index is 688. The molecule has 1 aromatic rings. The Hall–Kier alpha value is -1.09. The van der Waals surface area contributed by atoms with Crippen LogP contribution in [-0.4, -0.2) is 87.3 Å². The third kappa shape index (κ3) is 4.97. The van der Waals surface area contributed by atoms with Crippen molar-refractivity contribution in [3.8, 4) is 0 Å². The highest BCUT2D eigenvalue weighted by atomic mass is 32.2. The van der Waals surface area contributed by atoms with Crippen molar-refractivity contribution in [1.82, 2.24) is 14.1 Å². The highest BCUT2D eigenvalue weighted by Gasteiger charge is 2.27. The van der Waals surface area contributed by atoms with Crippen molar-refractivity contribution in [2.24, 2.45) is 0 Å². The van der Waals surface area contributed by atoms with E-state index in [0.29, 0.717) is 5.56 Å². The molecular weight excluding hydrogens is 358 g/mol. The van der Waals surface area contributed by atoms with Crippen LogP contribution < -0.4 is 0 Å². The first kappa shape index (κ1) is 20.2. The maximum absolute atomic E-state index is 13.0. The number of nitrogens with zero attached hydrogens (tertiary/aromatic N) is 3. The third-order valence-electron chi connectivity index (χ3n) is 4.16. The van der Waals surface area contributed by atoms with Gasteiger partial charge in [0.25, 0.3) is 5.91 Å². The van der Waals surface area contributed by atoms with Gasteiger partial charge in [-0.3, -0.25) is 4.79 Å². The van der Waals surface area contributed by atoms with Crippen LogP contribution in [0.4, 0.5) is 0 Å². The van der Waals surface area contributed by atoms with Crippen LogP contribution in [0.5, 0.6) is 0 Å². The number of rotatable bonds is 5. The Labute approximate surface area is 155 Å². The molecule has 1 atom stereocenters. The van der Waals surface area contributed by atoms with Gasteiger partial charge in [-0.15, -0.1) is 0 Å². The third-order valence-corrected chi connectivity index (χ3v) is 7.18. The summed E-state index contributed by atoms with van der Waals surface area (Å²) in [4.78, 5) is 17.2. The number of sulfonamides is 1. The van der Waals surface area contributed by atoms with Crippen LogP contribution in [0.3, 0.4) is 0 Å². The number of carbonyl (C=O) groups excluding carboxylic acids is 1. The van der Waals surface area contributed by atoms with Crippen molar-refractivity contribution in [3.05, 3.63) is 29.8 Å². The number of likely N-dealkylation sites (N-methyl/N-ethyl adjacent to an activating group) is 1. The highest BCUT2D eigenvalue weighted by Crippen LogP contribution is 2.21. The second-order valence-electron chi connectivity index (χ2n) is 6.65. The van der Waals surface area contributed by atoms with Gasteiger partial charge >= 0.3 is 0 Å². The molecule has 0 radical (unpaired) electrons. The largest absolute Gasteiger partial charge is 0.334 e. The van der Waals surface area contributed by atoms with Crippen LogP contribution in [0.1, 0.15) is 16.8 Å². The molecule has 6 nitrogen and oxygen atoms in total. The molecular formula is C17H27N3O3S2. The summed E-state index contributed by atoms with van der Waals surface area (Å²) in [5.74, 6) is 1.97. The summed E-state index contributed by atoms with van der Waals surface area (Å²) < 4.78 is 25.5. The summed E-state index contributed by atoms with van der Waals surface area (Å²) >= 11 is 1.89. The molecule has 1 fully saturated rings. The lowest BCUT2D eigenvalue weighted by Crippen LogP contribution is -2.46. The van der Waals surface area contributed by atoms with Crippen molar-refractivity contribution in [2.75, 3.05) is 52.8 Å². The maximum atomic E-state index is 13.0. The van der Waals surface area contributed by atoms with Gasteiger partial charge in [0, 0.05) is 38.5 Å². The van der Waals surface area contributed by atoms with E-state index >= 15 is 0 Å². The van der Waals surface area contributed by atoms with E-state index in [1.807, 2.05) is 30.8 Å². The molecule has 1 amide bonds. The van der Waals surface area contributed by atoms with E-state index in [-0.39, 0.29) is 16.8 Å². The molecule has 0 aromatic heterocycles. The molecule has 1 aliphatic heterocycles. The fraction of sp³-hybridized carbons (Fsp3) is 0.588. The summed E-state index contributed by atoms with van der Waals surface area (Å²) in [5, 5.41) is 0. The zero-order valence-corrected chi connectivity index (χ0v) is 16.9. The van der Waals surface area contributed by atoms with E-state index in [4.69, 9.17) is 0 Å². The monoisotopic (exact) mass is 385 g/mol. The van der Waals surface area contributed by atoms with Gasteiger partial charge in [0.05, 0.1) is 10.9 Å². The zero-order chi connectivity index (χ0) is 18.6. The first-order valence-corrected chi connectivity index (χ1v) is 10.9. The van der Waals surface area contributed by atoms with Gasteiger partial charge in [0.15, 0.2) is 0 Å². The lowest BCUT2D eigenvalue weighted by Gasteiger charge is -2.31. The molecule has 1 aromatic carbocycles. The van der Waals surface area contributed by atoms with E-state index in [1.165, 1.54) is 30.5 Å². The number of thioether (sulfide) groups is 1. The first-order valence-electron chi connectivity index (χ1n) is 8.29. The minimum absolute atomic E-state index is 0.0249. The summed E-state index contributed by atoms with van der Waals surface area (Å²) in [6.45, 7) is 1.56. The average Bonchev–Trinajstić information content (AvgIpc) is 2.79. The Morgan fingerprint density at radius 1 is 1.20 bits per heavy atom. The topological polar surface area (TPSA) is 60.9 Å². The molecule has 1 saturated heterocycles. The summed E-state index contributed by atoms with van der Waals surface area (Å²) in [6.07, 6.45) is 0.980. The van der Waals surface area contributed by atoms with E-state index in [1.54, 1.807) is 12.1 Å². The van der Waals surface area contributed by atoms with Gasteiger partial charge in [0.2, 0.25) is 10.0 Å². The molecule has 0 unspecified atom stereocenters. The van der Waals surface area contributed by atoms with E-state index in [9.17, 15) is 13.2 Å². The standard InChI is InChI=1S/C17H27N3O3S2/c1-18(2)12-15-13-24-11-5-10-20(15)17(21)14-6-8-16(9-7-14)25(22,23)19(3)4/h6-9,15H,5,10-13H2,1-4H3/t15-/m0/s1. The van der Waals surface area contributed by atoms with Crippen LogP contribution in [-0.2, 0) is 10.0 Å². The summed E-state index contributed by atoms with van der Waals surface area (Å²) in [7, 11) is 3.54. The minimum atomic E-state index is -3.48. The van der Waals surface area contributed by atoms with Gasteiger partial charge in [-0.1, -0.05) is 0 Å². The number of amides is 1. The molecule has 0 aliphatic carbocycles. The smallest absolute Gasteiger partial charge is 0.254 e. The van der Waals surface area contributed by atoms with Crippen molar-refractivity contribution in [3.63, 3.8) is 0 Å². The summed E-state index contributed by atoms with van der Waals surface area (Å²) in [6, 6.07) is 6.42. The Balaban J connectivity index is 2.23. The van der Waals surface area contributed by atoms with Crippen molar-refractivity contribution >= 4 is 27.7 Å². The average molecular weight is 386 g/mol. The number of hydrogen-bond acceptors (Lipinski definition) is 5. The van der Waals surface area contributed by atoms with E-state index in [0.717, 1.165) is 31.0 Å². The SMILES string of the molecule is CN(C)C[C@H]1CSCCCN1C(=O)c1ccc(S(=O)(=O)N(C)C)cc1. The second kappa shape index (κ2) is 8.53. The van der Waals surface area contributed by atoms with Gasteiger partial charge in [-0.25, -0.2) is 12.7 Å². The summed E-state index contributed by atoms with van der Waals surface area (Å²) in [5.41, 5.74) is 0.536. The maximum Gasteiger partial charge on any atom is 0.254 e. The van der Waals surface area contributed by atoms with Crippen LogP contribution in [0.25, 0.3) is 0 Å². The fourth-order valence-electron chi connectivity index (χ4n) is 2.82. The Kier molecular flexibility index (Phi) is 6.90. The van der Waals surface area contributed by atoms with Crippen molar-refractivity contribution in [2.45, 2.75) is 17.4 Å². The molecule has 25 heavy (non-hydrogen) atoms. The van der Waals surface area contributed by atoms with Gasteiger partial charge in [0.1, 0.15) is 0 Å². The first-order chi connectivity index (χ1) is 11.7. The van der Waals surface area contributed by atoms with Crippen LogP contribution in [0.15, 0.2) is 29.2 Å². The number of benzene rings is 1. The fourth-order valence-corrected chi connectivity index (χ4v) is 4.77. The molecule has 0 N–H and O–H groups in total. The minimum Gasteiger partial charge on any atom is -0.334 e. The molecule has 2 rings (SSSR count). The molecule has 0 spiro atoms. The van der Waals surface area contributed by atoms with Gasteiger partial charge < -0.3 is 9.80 Å². The molecule has 1 heterocycles.